The molecule has 1 amide bonds. The molecule has 168 valence electrons. The van der Waals surface area contributed by atoms with Gasteiger partial charge < -0.3 is 15.1 Å². The molecule has 0 spiro atoms. The molecule has 0 unspecified atom stereocenters. The number of carbonyl (C=O) groups excluding carboxylic acids is 1. The number of amides is 1. The van der Waals surface area contributed by atoms with Crippen LogP contribution in [-0.4, -0.2) is 48.9 Å². The Morgan fingerprint density at radius 2 is 2.06 bits per heavy atom. The summed E-state index contributed by atoms with van der Waals surface area (Å²) in [6, 6.07) is 8.21. The molecule has 2 heterocycles. The van der Waals surface area contributed by atoms with E-state index in [1.54, 1.807) is 7.05 Å². The molecule has 1 aliphatic heterocycles. The Kier molecular flexibility index (Phi) is 8.71. The lowest BCUT2D eigenvalue weighted by Gasteiger charge is -2.21. The zero-order chi connectivity index (χ0) is 20.9. The third-order valence-corrected chi connectivity index (χ3v) is 7.02. The smallest absolute Gasteiger partial charge is 0.227 e. The number of halogens is 1. The van der Waals surface area contributed by atoms with Crippen molar-refractivity contribution in [3.63, 3.8) is 0 Å². The average molecular weight is 554 g/mol. The fourth-order valence-corrected chi connectivity index (χ4v) is 5.52. The second-order valence-corrected chi connectivity index (χ2v) is 9.21. The fourth-order valence-electron chi connectivity index (χ4n) is 4.31. The molecule has 0 saturated carbocycles. The lowest BCUT2D eigenvalue weighted by molar-refractivity contribution is -0.118. The maximum absolute atomic E-state index is 12.6. The number of aryl methyl sites for hydroxylation is 2. The van der Waals surface area contributed by atoms with E-state index in [-0.39, 0.29) is 29.9 Å². The number of aromatic nitrogens is 1. The predicted octanol–water partition coefficient (Wildman–Crippen LogP) is 4.02. The van der Waals surface area contributed by atoms with Crippen molar-refractivity contribution in [2.45, 2.75) is 51.5 Å². The van der Waals surface area contributed by atoms with Gasteiger partial charge in [-0.25, -0.2) is 4.98 Å². The minimum Gasteiger partial charge on any atom is -0.356 e. The number of nitrogens with zero attached hydrogens (tertiary/aromatic N) is 4. The Labute approximate surface area is 206 Å². The van der Waals surface area contributed by atoms with E-state index >= 15 is 0 Å². The van der Waals surface area contributed by atoms with Crippen molar-refractivity contribution in [1.82, 2.24) is 15.2 Å². The van der Waals surface area contributed by atoms with Crippen LogP contribution in [0.25, 0.3) is 0 Å². The van der Waals surface area contributed by atoms with Crippen LogP contribution < -0.4 is 10.2 Å². The molecule has 0 atom stereocenters. The van der Waals surface area contributed by atoms with E-state index in [1.807, 2.05) is 41.5 Å². The molecule has 1 N–H and O–H groups in total. The van der Waals surface area contributed by atoms with E-state index in [9.17, 15) is 4.79 Å². The third kappa shape index (κ3) is 5.77. The minimum absolute atomic E-state index is 0. The van der Waals surface area contributed by atoms with E-state index in [1.165, 1.54) is 35.4 Å². The lowest BCUT2D eigenvalue weighted by Crippen LogP contribution is -2.39. The van der Waals surface area contributed by atoms with Gasteiger partial charge in [-0.3, -0.25) is 9.79 Å². The van der Waals surface area contributed by atoms with Crippen LogP contribution in [0.3, 0.4) is 0 Å². The molecule has 0 radical (unpaired) electrons. The number of nitrogens with one attached hydrogen (secondary N) is 1. The number of hydrogen-bond donors (Lipinski definition) is 1. The monoisotopic (exact) mass is 553 g/mol. The first-order valence-corrected chi connectivity index (χ1v) is 11.7. The first kappa shape index (κ1) is 24.0. The molecule has 6 nitrogen and oxygen atoms in total. The Morgan fingerprint density at radius 3 is 2.87 bits per heavy atom. The number of aliphatic imine (C=N–C) groups is 1. The van der Waals surface area contributed by atoms with Gasteiger partial charge in [0.1, 0.15) is 5.01 Å². The van der Waals surface area contributed by atoms with Crippen molar-refractivity contribution in [2.75, 3.05) is 32.1 Å². The Bertz CT molecular complexity index is 905. The summed E-state index contributed by atoms with van der Waals surface area (Å²) in [7, 11) is 3.85. The first-order valence-electron chi connectivity index (χ1n) is 10.9. The summed E-state index contributed by atoms with van der Waals surface area (Å²) in [6.07, 6.45) is 7.14. The van der Waals surface area contributed by atoms with Gasteiger partial charge in [0.15, 0.2) is 5.96 Å². The second-order valence-electron chi connectivity index (χ2n) is 8.04. The molecule has 8 heteroatoms. The molecule has 31 heavy (non-hydrogen) atoms. The van der Waals surface area contributed by atoms with E-state index < -0.39 is 0 Å². The molecular weight excluding hydrogens is 521 g/mol. The van der Waals surface area contributed by atoms with Gasteiger partial charge >= 0.3 is 0 Å². The highest BCUT2D eigenvalue weighted by Crippen LogP contribution is 2.28. The molecule has 0 bridgehead atoms. The van der Waals surface area contributed by atoms with Gasteiger partial charge in [-0.2, -0.15) is 0 Å². The lowest BCUT2D eigenvalue weighted by atomic mass is 10.0. The summed E-state index contributed by atoms with van der Waals surface area (Å²) in [5.74, 6) is 1.06. The van der Waals surface area contributed by atoms with E-state index in [4.69, 9.17) is 4.98 Å². The number of hydrogen-bond acceptors (Lipinski definition) is 4. The highest BCUT2D eigenvalue weighted by atomic mass is 127. The second kappa shape index (κ2) is 11.3. The summed E-state index contributed by atoms with van der Waals surface area (Å²) in [5.41, 5.74) is 3.66. The van der Waals surface area contributed by atoms with Gasteiger partial charge in [-0.1, -0.05) is 18.2 Å². The van der Waals surface area contributed by atoms with Crippen LogP contribution in [0.4, 0.5) is 5.69 Å². The van der Waals surface area contributed by atoms with Crippen molar-refractivity contribution < 1.29 is 4.79 Å². The van der Waals surface area contributed by atoms with Crippen molar-refractivity contribution >= 4 is 52.9 Å². The number of carbonyl (C=O) groups is 1. The third-order valence-electron chi connectivity index (χ3n) is 5.87. The Hall–Kier alpha value is -1.68. The SMILES string of the molecule is CN=C(NCCCC(=O)N1CCc2ccccc21)N(C)Cc1nc2c(s1)CCCC2.I. The molecule has 2 aliphatic rings. The maximum Gasteiger partial charge on any atom is 0.227 e. The van der Waals surface area contributed by atoms with Crippen LogP contribution in [0.15, 0.2) is 29.3 Å². The van der Waals surface area contributed by atoms with Gasteiger partial charge in [0.05, 0.1) is 12.2 Å². The minimum atomic E-state index is 0. The zero-order valence-electron chi connectivity index (χ0n) is 18.4. The zero-order valence-corrected chi connectivity index (χ0v) is 21.5. The van der Waals surface area contributed by atoms with Gasteiger partial charge in [0, 0.05) is 44.2 Å². The summed E-state index contributed by atoms with van der Waals surface area (Å²) in [4.78, 5) is 27.4. The number of guanidine groups is 1. The first-order chi connectivity index (χ1) is 14.7. The van der Waals surface area contributed by atoms with Crippen molar-refractivity contribution in [2.24, 2.45) is 4.99 Å². The summed E-state index contributed by atoms with van der Waals surface area (Å²) in [5, 5.41) is 4.56. The largest absolute Gasteiger partial charge is 0.356 e. The van der Waals surface area contributed by atoms with Gasteiger partial charge in [0.2, 0.25) is 5.91 Å². The fraction of sp³-hybridized carbons (Fsp3) is 0.522. The number of para-hydroxylation sites is 1. The Balaban J connectivity index is 0.00000272. The number of benzene rings is 1. The van der Waals surface area contributed by atoms with E-state index in [0.717, 1.165) is 55.6 Å². The summed E-state index contributed by atoms with van der Waals surface area (Å²) < 4.78 is 0. The number of thiazole rings is 1. The van der Waals surface area contributed by atoms with Crippen molar-refractivity contribution in [3.8, 4) is 0 Å². The quantitative estimate of drug-likeness (QED) is 0.254. The Morgan fingerprint density at radius 1 is 1.26 bits per heavy atom. The molecule has 0 fully saturated rings. The van der Waals surface area contributed by atoms with E-state index in [2.05, 4.69) is 21.3 Å². The van der Waals surface area contributed by atoms with Crippen LogP contribution in [0, 0.1) is 0 Å². The highest BCUT2D eigenvalue weighted by Gasteiger charge is 2.23. The standard InChI is InChI=1S/C23H31N5OS.HI/c1-24-23(27(2)16-21-26-18-9-4-6-11-20(18)30-21)25-14-7-12-22(29)28-15-13-17-8-3-5-10-19(17)28;/h3,5,8,10H,4,6-7,9,11-16H2,1-2H3,(H,24,25);1H. The normalized spacial score (nSPS) is 15.2. The number of fused-ring (bicyclic) bond motifs is 2. The van der Waals surface area contributed by atoms with E-state index in [0.29, 0.717) is 6.42 Å². The van der Waals surface area contributed by atoms with Crippen LogP contribution in [0.1, 0.15) is 46.8 Å². The maximum atomic E-state index is 12.6. The van der Waals surface area contributed by atoms with Crippen molar-refractivity contribution in [1.29, 1.82) is 0 Å². The topological polar surface area (TPSA) is 60.8 Å². The molecule has 1 aliphatic carbocycles. The molecule has 2 aromatic rings. The number of anilines is 1. The highest BCUT2D eigenvalue weighted by molar-refractivity contribution is 14.0. The molecular formula is C23H32IN5OS. The van der Waals surface area contributed by atoms with Crippen LogP contribution in [0.5, 0.6) is 0 Å². The average Bonchev–Trinajstić information content (AvgIpc) is 3.37. The molecule has 4 rings (SSSR count). The van der Waals surface area contributed by atoms with Gasteiger partial charge in [0.25, 0.3) is 0 Å². The van der Waals surface area contributed by atoms with Crippen LogP contribution in [0.2, 0.25) is 0 Å². The summed E-state index contributed by atoms with van der Waals surface area (Å²) >= 11 is 1.85. The summed E-state index contributed by atoms with van der Waals surface area (Å²) in [6.45, 7) is 2.29. The molecule has 0 saturated heterocycles. The van der Waals surface area contributed by atoms with Crippen LogP contribution in [-0.2, 0) is 30.6 Å². The molecule has 1 aromatic heterocycles. The van der Waals surface area contributed by atoms with Gasteiger partial charge in [-0.05, 0) is 50.2 Å². The van der Waals surface area contributed by atoms with Gasteiger partial charge in [-0.15, -0.1) is 35.3 Å². The van der Waals surface area contributed by atoms with Crippen molar-refractivity contribution in [3.05, 3.63) is 45.4 Å². The van der Waals surface area contributed by atoms with Crippen LogP contribution >= 0.6 is 35.3 Å². The predicted molar refractivity (Wildman–Crippen MR) is 139 cm³/mol. The molecule has 1 aromatic carbocycles. The number of rotatable bonds is 6.